The minimum atomic E-state index is -0.274. The zero-order valence-corrected chi connectivity index (χ0v) is 13.3. The monoisotopic (exact) mass is 283 g/mol. The molecule has 0 fully saturated rings. The smallest absolute Gasteiger partial charge is 0.266 e. The highest BCUT2D eigenvalue weighted by molar-refractivity contribution is 5.85. The Hall–Kier alpha value is -0.830. The first-order chi connectivity index (χ1) is 9.81. The van der Waals surface area contributed by atoms with Crippen LogP contribution in [0.1, 0.15) is 84.0 Å². The molecule has 0 aromatic heterocycles. The van der Waals surface area contributed by atoms with Crippen molar-refractivity contribution in [2.75, 3.05) is 6.61 Å². The Bertz CT molecular complexity index is 229. The van der Waals surface area contributed by atoms with Gasteiger partial charge in [0.1, 0.15) is 0 Å². The van der Waals surface area contributed by atoms with Gasteiger partial charge in [0.05, 0.1) is 6.61 Å². The largest absolute Gasteiger partial charge is 0.273 e. The summed E-state index contributed by atoms with van der Waals surface area (Å²) in [6.45, 7) is 6.21. The van der Waals surface area contributed by atoms with E-state index in [4.69, 9.17) is 4.84 Å². The predicted molar refractivity (Wildman–Crippen MR) is 85.4 cm³/mol. The molecule has 1 amide bonds. The first-order valence-electron chi connectivity index (χ1n) is 8.35. The lowest BCUT2D eigenvalue weighted by Gasteiger charge is -2.04. The maximum atomic E-state index is 10.8. The fourth-order valence-corrected chi connectivity index (χ4v) is 2.18. The summed E-state index contributed by atoms with van der Waals surface area (Å²) >= 11 is 0. The summed E-state index contributed by atoms with van der Waals surface area (Å²) in [7, 11) is 0. The van der Waals surface area contributed by atoms with Gasteiger partial charge in [-0.05, 0) is 12.5 Å². The van der Waals surface area contributed by atoms with Gasteiger partial charge in [0.15, 0.2) is 0 Å². The van der Waals surface area contributed by atoms with Gasteiger partial charge in [-0.15, -0.1) is 0 Å². The van der Waals surface area contributed by atoms with E-state index in [1.807, 2.05) is 0 Å². The normalized spacial score (nSPS) is 10.4. The summed E-state index contributed by atoms with van der Waals surface area (Å²) in [5.41, 5.74) is 2.32. The Morgan fingerprint density at radius 3 is 1.80 bits per heavy atom. The van der Waals surface area contributed by atoms with Crippen molar-refractivity contribution in [3.63, 3.8) is 0 Å². The van der Waals surface area contributed by atoms with Crippen LogP contribution in [-0.2, 0) is 9.63 Å². The van der Waals surface area contributed by atoms with Gasteiger partial charge >= 0.3 is 0 Å². The van der Waals surface area contributed by atoms with Gasteiger partial charge in [-0.25, -0.2) is 5.48 Å². The number of nitrogens with one attached hydrogen (secondary N) is 1. The van der Waals surface area contributed by atoms with Crippen molar-refractivity contribution in [1.29, 1.82) is 0 Å². The molecule has 1 N–H and O–H groups in total. The molecule has 0 spiro atoms. The van der Waals surface area contributed by atoms with E-state index in [1.54, 1.807) is 0 Å². The highest BCUT2D eigenvalue weighted by Crippen LogP contribution is 2.11. The minimum Gasteiger partial charge on any atom is -0.273 e. The van der Waals surface area contributed by atoms with E-state index in [9.17, 15) is 4.79 Å². The fourth-order valence-electron chi connectivity index (χ4n) is 2.18. The number of rotatable bonds is 15. The first kappa shape index (κ1) is 19.2. The van der Waals surface area contributed by atoms with Crippen molar-refractivity contribution in [2.45, 2.75) is 84.0 Å². The summed E-state index contributed by atoms with van der Waals surface area (Å²) in [4.78, 5) is 15.8. The van der Waals surface area contributed by atoms with Crippen LogP contribution < -0.4 is 5.48 Å². The summed E-state index contributed by atoms with van der Waals surface area (Å²) < 4.78 is 0. The Morgan fingerprint density at radius 1 is 0.900 bits per heavy atom. The van der Waals surface area contributed by atoms with E-state index in [0.717, 1.165) is 6.42 Å². The van der Waals surface area contributed by atoms with Gasteiger partial charge in [-0.1, -0.05) is 84.1 Å². The average molecular weight is 283 g/mol. The quantitative estimate of drug-likeness (QED) is 0.263. The molecule has 0 atom stereocenters. The summed E-state index contributed by atoms with van der Waals surface area (Å²) in [5.74, 6) is -0.274. The number of carbonyl (C=O) groups excluding carboxylic acids is 1. The SMILES string of the molecule is C=CC(=O)NOCCCCCCCCCCCCCC. The van der Waals surface area contributed by atoms with Crippen LogP contribution in [0.25, 0.3) is 0 Å². The third-order valence-corrected chi connectivity index (χ3v) is 3.46. The molecule has 0 bridgehead atoms. The number of hydrogen-bond donors (Lipinski definition) is 1. The molecule has 0 aliphatic carbocycles. The van der Waals surface area contributed by atoms with Crippen LogP contribution in [0.5, 0.6) is 0 Å². The van der Waals surface area contributed by atoms with E-state index in [2.05, 4.69) is 19.0 Å². The Balaban J connectivity index is 2.99. The fraction of sp³-hybridized carbons (Fsp3) is 0.824. The highest BCUT2D eigenvalue weighted by atomic mass is 16.6. The second-order valence-electron chi connectivity index (χ2n) is 5.41. The average Bonchev–Trinajstić information content (AvgIpc) is 2.47. The van der Waals surface area contributed by atoms with E-state index in [0.29, 0.717) is 6.61 Å². The second kappa shape index (κ2) is 16.2. The summed E-state index contributed by atoms with van der Waals surface area (Å²) in [5, 5.41) is 0. The van der Waals surface area contributed by atoms with E-state index >= 15 is 0 Å². The number of unbranched alkanes of at least 4 members (excludes halogenated alkanes) is 11. The molecule has 0 saturated heterocycles. The van der Waals surface area contributed by atoms with E-state index < -0.39 is 0 Å². The lowest BCUT2D eigenvalue weighted by atomic mass is 10.1. The topological polar surface area (TPSA) is 38.3 Å². The van der Waals surface area contributed by atoms with Gasteiger partial charge in [0, 0.05) is 0 Å². The van der Waals surface area contributed by atoms with Gasteiger partial charge in [-0.2, -0.15) is 0 Å². The van der Waals surface area contributed by atoms with Crippen molar-refractivity contribution >= 4 is 5.91 Å². The molecule has 0 aliphatic heterocycles. The minimum absolute atomic E-state index is 0.274. The summed E-state index contributed by atoms with van der Waals surface area (Å²) in [6, 6.07) is 0. The standard InChI is InChI=1S/C17H33NO2/c1-3-5-6-7-8-9-10-11-12-13-14-15-16-20-18-17(19)4-2/h4H,2-3,5-16H2,1H3,(H,18,19). The van der Waals surface area contributed by atoms with Crippen LogP contribution in [0.15, 0.2) is 12.7 Å². The van der Waals surface area contributed by atoms with E-state index in [1.165, 1.54) is 76.7 Å². The Kier molecular flexibility index (Phi) is 15.6. The number of hydrogen-bond acceptors (Lipinski definition) is 2. The maximum absolute atomic E-state index is 10.8. The van der Waals surface area contributed by atoms with Crippen LogP contribution in [-0.4, -0.2) is 12.5 Å². The molecule has 3 heteroatoms. The Morgan fingerprint density at radius 2 is 1.35 bits per heavy atom. The van der Waals surface area contributed by atoms with Crippen molar-refractivity contribution in [1.82, 2.24) is 5.48 Å². The molecular formula is C17H33NO2. The number of hydroxylamine groups is 1. The molecule has 3 nitrogen and oxygen atoms in total. The molecule has 0 rings (SSSR count). The number of amides is 1. The molecule has 0 saturated carbocycles. The summed E-state index contributed by atoms with van der Waals surface area (Å²) in [6.07, 6.45) is 17.1. The van der Waals surface area contributed by atoms with Crippen molar-refractivity contribution in [2.24, 2.45) is 0 Å². The molecule has 0 aromatic rings. The van der Waals surface area contributed by atoms with Crippen LogP contribution in [0.4, 0.5) is 0 Å². The maximum Gasteiger partial charge on any atom is 0.266 e. The molecular weight excluding hydrogens is 250 g/mol. The third kappa shape index (κ3) is 15.2. The van der Waals surface area contributed by atoms with Crippen molar-refractivity contribution < 1.29 is 9.63 Å². The highest BCUT2D eigenvalue weighted by Gasteiger charge is 1.95. The first-order valence-corrected chi connectivity index (χ1v) is 8.35. The van der Waals surface area contributed by atoms with Crippen LogP contribution in [0, 0.1) is 0 Å². The third-order valence-electron chi connectivity index (χ3n) is 3.46. The van der Waals surface area contributed by atoms with Gasteiger partial charge in [0.2, 0.25) is 0 Å². The lowest BCUT2D eigenvalue weighted by Crippen LogP contribution is -2.21. The van der Waals surface area contributed by atoms with Gasteiger partial charge in [0.25, 0.3) is 5.91 Å². The van der Waals surface area contributed by atoms with Crippen molar-refractivity contribution in [3.05, 3.63) is 12.7 Å². The molecule has 0 heterocycles. The van der Waals surface area contributed by atoms with Crippen LogP contribution >= 0.6 is 0 Å². The van der Waals surface area contributed by atoms with Crippen LogP contribution in [0.2, 0.25) is 0 Å². The van der Waals surface area contributed by atoms with Crippen molar-refractivity contribution in [3.8, 4) is 0 Å². The second-order valence-corrected chi connectivity index (χ2v) is 5.41. The van der Waals surface area contributed by atoms with Gasteiger partial charge in [-0.3, -0.25) is 9.63 Å². The molecule has 118 valence electrons. The van der Waals surface area contributed by atoms with Crippen LogP contribution in [0.3, 0.4) is 0 Å². The van der Waals surface area contributed by atoms with Gasteiger partial charge < -0.3 is 0 Å². The molecule has 0 aromatic carbocycles. The zero-order valence-electron chi connectivity index (χ0n) is 13.3. The Labute approximate surface area is 125 Å². The molecule has 0 aliphatic rings. The molecule has 0 radical (unpaired) electrons. The molecule has 20 heavy (non-hydrogen) atoms. The zero-order chi connectivity index (χ0) is 14.9. The predicted octanol–water partition coefficient (Wildman–Crippen LogP) is 4.92. The lowest BCUT2D eigenvalue weighted by molar-refractivity contribution is -0.128. The molecule has 0 unspecified atom stereocenters. The number of carbonyl (C=O) groups is 1. The van der Waals surface area contributed by atoms with E-state index in [-0.39, 0.29) is 5.91 Å².